The zero-order valence-electron chi connectivity index (χ0n) is 10.6. The standard InChI is InChI=1S/C13H23NO2/c1-10(2)5-4-6-15-9-12-7-11(3)13(8-14)16-12/h7,10H,4-6,8-9,14H2,1-3H3. The van der Waals surface area contributed by atoms with Gasteiger partial charge in [0.05, 0.1) is 6.54 Å². The maximum atomic E-state index is 5.55. The third-order valence-corrected chi connectivity index (χ3v) is 2.57. The molecular formula is C13H23NO2. The van der Waals surface area contributed by atoms with Gasteiger partial charge < -0.3 is 14.9 Å². The van der Waals surface area contributed by atoms with Gasteiger partial charge in [-0.3, -0.25) is 0 Å². The molecule has 0 unspecified atom stereocenters. The van der Waals surface area contributed by atoms with E-state index in [1.165, 1.54) is 6.42 Å². The van der Waals surface area contributed by atoms with Crippen LogP contribution in [0.4, 0.5) is 0 Å². The van der Waals surface area contributed by atoms with Crippen LogP contribution in [0.5, 0.6) is 0 Å². The molecule has 0 fully saturated rings. The molecule has 0 spiro atoms. The molecule has 16 heavy (non-hydrogen) atoms. The van der Waals surface area contributed by atoms with Crippen LogP contribution in [0.1, 0.15) is 43.8 Å². The largest absolute Gasteiger partial charge is 0.462 e. The molecule has 92 valence electrons. The number of ether oxygens (including phenoxy) is 1. The third-order valence-electron chi connectivity index (χ3n) is 2.57. The van der Waals surface area contributed by atoms with Crippen molar-refractivity contribution in [2.75, 3.05) is 6.61 Å². The van der Waals surface area contributed by atoms with Crippen LogP contribution in [-0.4, -0.2) is 6.61 Å². The second-order valence-corrected chi connectivity index (χ2v) is 4.61. The summed E-state index contributed by atoms with van der Waals surface area (Å²) in [5, 5.41) is 0. The monoisotopic (exact) mass is 225 g/mol. The Morgan fingerprint density at radius 1 is 1.44 bits per heavy atom. The molecule has 3 nitrogen and oxygen atoms in total. The quantitative estimate of drug-likeness (QED) is 0.726. The first-order valence-electron chi connectivity index (χ1n) is 5.99. The smallest absolute Gasteiger partial charge is 0.130 e. The zero-order chi connectivity index (χ0) is 12.0. The van der Waals surface area contributed by atoms with Gasteiger partial charge in [-0.05, 0) is 37.3 Å². The Morgan fingerprint density at radius 2 is 2.19 bits per heavy atom. The molecule has 0 aliphatic heterocycles. The van der Waals surface area contributed by atoms with E-state index < -0.39 is 0 Å². The first-order valence-corrected chi connectivity index (χ1v) is 5.99. The average Bonchev–Trinajstić information content (AvgIpc) is 2.58. The van der Waals surface area contributed by atoms with Gasteiger partial charge in [0.25, 0.3) is 0 Å². The van der Waals surface area contributed by atoms with E-state index in [1.807, 2.05) is 13.0 Å². The summed E-state index contributed by atoms with van der Waals surface area (Å²) in [6.45, 7) is 8.27. The number of hydrogen-bond acceptors (Lipinski definition) is 3. The Bertz CT molecular complexity index is 305. The molecule has 0 aliphatic carbocycles. The molecule has 0 bridgehead atoms. The van der Waals surface area contributed by atoms with E-state index in [1.54, 1.807) is 0 Å². The zero-order valence-corrected chi connectivity index (χ0v) is 10.6. The van der Waals surface area contributed by atoms with Crippen molar-refractivity contribution in [2.24, 2.45) is 11.7 Å². The van der Waals surface area contributed by atoms with Crippen LogP contribution < -0.4 is 5.73 Å². The van der Waals surface area contributed by atoms with Crippen LogP contribution in [0, 0.1) is 12.8 Å². The van der Waals surface area contributed by atoms with Crippen molar-refractivity contribution in [1.29, 1.82) is 0 Å². The lowest BCUT2D eigenvalue weighted by Gasteiger charge is -2.04. The van der Waals surface area contributed by atoms with Crippen molar-refractivity contribution in [3.63, 3.8) is 0 Å². The summed E-state index contributed by atoms with van der Waals surface area (Å²) >= 11 is 0. The second kappa shape index (κ2) is 6.71. The fourth-order valence-electron chi connectivity index (χ4n) is 1.63. The van der Waals surface area contributed by atoms with Crippen molar-refractivity contribution in [3.8, 4) is 0 Å². The summed E-state index contributed by atoms with van der Waals surface area (Å²) in [6, 6.07) is 2.00. The second-order valence-electron chi connectivity index (χ2n) is 4.61. The van der Waals surface area contributed by atoms with Gasteiger partial charge in [0.1, 0.15) is 18.1 Å². The third kappa shape index (κ3) is 4.37. The van der Waals surface area contributed by atoms with Gasteiger partial charge in [-0.1, -0.05) is 13.8 Å². The molecule has 1 heterocycles. The van der Waals surface area contributed by atoms with E-state index in [9.17, 15) is 0 Å². The minimum Gasteiger partial charge on any atom is -0.462 e. The van der Waals surface area contributed by atoms with Crippen LogP contribution in [0.3, 0.4) is 0 Å². The minimum atomic E-state index is 0.458. The fourth-order valence-corrected chi connectivity index (χ4v) is 1.63. The van der Waals surface area contributed by atoms with Crippen LogP contribution in [0.15, 0.2) is 10.5 Å². The van der Waals surface area contributed by atoms with Crippen LogP contribution in [0.2, 0.25) is 0 Å². The van der Waals surface area contributed by atoms with E-state index in [0.717, 1.165) is 36.0 Å². The molecule has 2 N–H and O–H groups in total. The lowest BCUT2D eigenvalue weighted by atomic mass is 10.1. The molecule has 0 amide bonds. The Labute approximate surface area is 98.0 Å². The Morgan fingerprint density at radius 3 is 2.75 bits per heavy atom. The molecule has 0 aromatic carbocycles. The normalized spacial score (nSPS) is 11.3. The first-order chi connectivity index (χ1) is 7.63. The molecule has 1 aromatic rings. The molecular weight excluding hydrogens is 202 g/mol. The van der Waals surface area contributed by atoms with Gasteiger partial charge in [-0.25, -0.2) is 0 Å². The predicted octanol–water partition coefficient (Wildman–Crippen LogP) is 3.00. The predicted molar refractivity (Wildman–Crippen MR) is 65.1 cm³/mol. The van der Waals surface area contributed by atoms with Gasteiger partial charge in [-0.2, -0.15) is 0 Å². The molecule has 3 heteroatoms. The Kier molecular flexibility index (Phi) is 5.56. The highest BCUT2D eigenvalue weighted by atomic mass is 16.5. The van der Waals surface area contributed by atoms with Crippen molar-refractivity contribution in [3.05, 3.63) is 23.2 Å². The maximum Gasteiger partial charge on any atom is 0.130 e. The van der Waals surface area contributed by atoms with Crippen molar-refractivity contribution in [2.45, 2.75) is 46.8 Å². The van der Waals surface area contributed by atoms with Crippen molar-refractivity contribution in [1.82, 2.24) is 0 Å². The summed E-state index contributed by atoms with van der Waals surface area (Å²) in [4.78, 5) is 0. The first kappa shape index (κ1) is 13.3. The van der Waals surface area contributed by atoms with Gasteiger partial charge in [0.15, 0.2) is 0 Å². The summed E-state index contributed by atoms with van der Waals surface area (Å²) in [5.41, 5.74) is 6.65. The fraction of sp³-hybridized carbons (Fsp3) is 0.692. The summed E-state index contributed by atoms with van der Waals surface area (Å²) in [6.07, 6.45) is 2.33. The SMILES string of the molecule is Cc1cc(COCCCC(C)C)oc1CN. The van der Waals surface area contributed by atoms with E-state index >= 15 is 0 Å². The Hall–Kier alpha value is -0.800. The Balaban J connectivity index is 2.21. The number of rotatable bonds is 7. The molecule has 0 saturated heterocycles. The van der Waals surface area contributed by atoms with E-state index in [-0.39, 0.29) is 0 Å². The highest BCUT2D eigenvalue weighted by molar-refractivity contribution is 5.19. The summed E-state index contributed by atoms with van der Waals surface area (Å²) in [5.74, 6) is 2.49. The van der Waals surface area contributed by atoms with E-state index in [2.05, 4.69) is 13.8 Å². The average molecular weight is 225 g/mol. The van der Waals surface area contributed by atoms with Gasteiger partial charge in [-0.15, -0.1) is 0 Å². The molecule has 0 atom stereocenters. The van der Waals surface area contributed by atoms with Crippen LogP contribution in [0.25, 0.3) is 0 Å². The van der Waals surface area contributed by atoms with Gasteiger partial charge in [0.2, 0.25) is 0 Å². The molecule has 0 aliphatic rings. The van der Waals surface area contributed by atoms with Crippen LogP contribution >= 0.6 is 0 Å². The maximum absolute atomic E-state index is 5.55. The van der Waals surface area contributed by atoms with Gasteiger partial charge >= 0.3 is 0 Å². The molecule has 1 aromatic heterocycles. The molecule has 0 saturated carbocycles. The number of hydrogen-bond donors (Lipinski definition) is 1. The van der Waals surface area contributed by atoms with Crippen LogP contribution in [-0.2, 0) is 17.9 Å². The molecule has 1 rings (SSSR count). The van der Waals surface area contributed by atoms with Crippen molar-refractivity contribution >= 4 is 0 Å². The number of nitrogens with two attached hydrogens (primary N) is 1. The number of furan rings is 1. The lowest BCUT2D eigenvalue weighted by molar-refractivity contribution is 0.0999. The topological polar surface area (TPSA) is 48.4 Å². The van der Waals surface area contributed by atoms with E-state index in [4.69, 9.17) is 14.9 Å². The summed E-state index contributed by atoms with van der Waals surface area (Å²) in [7, 11) is 0. The highest BCUT2D eigenvalue weighted by Crippen LogP contribution is 2.15. The number of aryl methyl sites for hydroxylation is 1. The van der Waals surface area contributed by atoms with Crippen molar-refractivity contribution < 1.29 is 9.15 Å². The molecule has 0 radical (unpaired) electrons. The highest BCUT2D eigenvalue weighted by Gasteiger charge is 2.05. The lowest BCUT2D eigenvalue weighted by Crippen LogP contribution is -1.97. The van der Waals surface area contributed by atoms with Gasteiger partial charge in [0, 0.05) is 6.61 Å². The summed E-state index contributed by atoms with van der Waals surface area (Å²) < 4.78 is 11.1. The minimum absolute atomic E-state index is 0.458. The van der Waals surface area contributed by atoms with E-state index in [0.29, 0.717) is 13.2 Å².